The maximum atomic E-state index is 13.6. The van der Waals surface area contributed by atoms with Crippen LogP contribution < -0.4 is 14.4 Å². The number of hydrogen-bond donors (Lipinski definition) is 1. The Morgan fingerprint density at radius 1 is 1.08 bits per heavy atom. The SMILES string of the molecule is CCCNC(=O)[C@H](C)N(Cc1cccc(OC)c1)C(=O)CN(c1ccc(C(C)(C)C)cc1)S(C)(=O)=O. The molecule has 2 aromatic rings. The summed E-state index contributed by atoms with van der Waals surface area (Å²) in [6.45, 7) is 9.98. The Hall–Kier alpha value is -3.07. The van der Waals surface area contributed by atoms with Crippen molar-refractivity contribution in [2.24, 2.45) is 0 Å². The van der Waals surface area contributed by atoms with Gasteiger partial charge in [-0.15, -0.1) is 0 Å². The number of methoxy groups -OCH3 is 1. The van der Waals surface area contributed by atoms with Gasteiger partial charge in [-0.1, -0.05) is 52.0 Å². The molecule has 2 rings (SSSR count). The molecule has 0 aliphatic carbocycles. The van der Waals surface area contributed by atoms with Gasteiger partial charge in [0.05, 0.1) is 19.1 Å². The normalized spacial score (nSPS) is 12.5. The molecule has 9 heteroatoms. The van der Waals surface area contributed by atoms with Gasteiger partial charge >= 0.3 is 0 Å². The summed E-state index contributed by atoms with van der Waals surface area (Å²) in [5.74, 6) is -0.157. The fraction of sp³-hybridized carbons (Fsp3) is 0.481. The molecule has 36 heavy (non-hydrogen) atoms. The standard InChI is InChI=1S/C27H39N3O5S/c1-8-16-28-26(32)20(2)29(18-21-10-9-11-24(17-21)35-6)25(31)19-30(36(7,33)34)23-14-12-22(13-15-23)27(3,4)5/h9-15,17,20H,8,16,18-19H2,1-7H3,(H,28,32)/t20-/m0/s1. The highest BCUT2D eigenvalue weighted by Crippen LogP contribution is 2.26. The molecule has 1 atom stereocenters. The minimum atomic E-state index is -3.77. The lowest BCUT2D eigenvalue weighted by atomic mass is 9.87. The first-order valence-electron chi connectivity index (χ1n) is 12.1. The summed E-state index contributed by atoms with van der Waals surface area (Å²) >= 11 is 0. The van der Waals surface area contributed by atoms with Crippen LogP contribution in [0.15, 0.2) is 48.5 Å². The quantitative estimate of drug-likeness (QED) is 0.490. The van der Waals surface area contributed by atoms with Crippen molar-refractivity contribution >= 4 is 27.5 Å². The average molecular weight is 518 g/mol. The summed E-state index contributed by atoms with van der Waals surface area (Å²) < 4.78 is 31.8. The second-order valence-corrected chi connectivity index (χ2v) is 11.8. The lowest BCUT2D eigenvalue weighted by Gasteiger charge is -2.31. The number of carbonyl (C=O) groups excluding carboxylic acids is 2. The number of sulfonamides is 1. The van der Waals surface area contributed by atoms with Crippen LogP contribution in [0.25, 0.3) is 0 Å². The summed E-state index contributed by atoms with van der Waals surface area (Å²) in [4.78, 5) is 27.8. The molecule has 2 amide bonds. The first-order chi connectivity index (χ1) is 16.8. The lowest BCUT2D eigenvalue weighted by molar-refractivity contribution is -0.139. The van der Waals surface area contributed by atoms with Crippen LogP contribution in [0, 0.1) is 0 Å². The number of benzene rings is 2. The van der Waals surface area contributed by atoms with Gasteiger partial charge in [0.2, 0.25) is 21.8 Å². The van der Waals surface area contributed by atoms with E-state index in [2.05, 4.69) is 26.1 Å². The van der Waals surface area contributed by atoms with Crippen molar-refractivity contribution in [1.29, 1.82) is 0 Å². The highest BCUT2D eigenvalue weighted by Gasteiger charge is 2.30. The van der Waals surface area contributed by atoms with Crippen molar-refractivity contribution < 1.29 is 22.7 Å². The van der Waals surface area contributed by atoms with Crippen LogP contribution in [0.2, 0.25) is 0 Å². The predicted octanol–water partition coefficient (Wildman–Crippen LogP) is 3.70. The van der Waals surface area contributed by atoms with E-state index in [0.29, 0.717) is 18.0 Å². The molecule has 0 bridgehead atoms. The fourth-order valence-corrected chi connectivity index (χ4v) is 4.54. The molecular weight excluding hydrogens is 478 g/mol. The van der Waals surface area contributed by atoms with E-state index in [4.69, 9.17) is 4.74 Å². The smallest absolute Gasteiger partial charge is 0.244 e. The Bertz CT molecular complexity index is 1140. The maximum absolute atomic E-state index is 13.6. The number of carbonyl (C=O) groups is 2. The first-order valence-corrected chi connectivity index (χ1v) is 13.9. The van der Waals surface area contributed by atoms with Gasteiger partial charge in [-0.05, 0) is 54.2 Å². The fourth-order valence-electron chi connectivity index (χ4n) is 3.69. The molecule has 0 saturated heterocycles. The topological polar surface area (TPSA) is 96.0 Å². The minimum Gasteiger partial charge on any atom is -0.497 e. The molecule has 2 aromatic carbocycles. The third-order valence-electron chi connectivity index (χ3n) is 5.90. The molecule has 1 N–H and O–H groups in total. The molecule has 0 heterocycles. The molecule has 0 radical (unpaired) electrons. The molecule has 0 spiro atoms. The van der Waals surface area contributed by atoms with Crippen LogP contribution in [0.3, 0.4) is 0 Å². The zero-order valence-electron chi connectivity index (χ0n) is 22.4. The summed E-state index contributed by atoms with van der Waals surface area (Å²) in [6, 6.07) is 13.6. The van der Waals surface area contributed by atoms with Gasteiger partial charge in [-0.25, -0.2) is 8.42 Å². The van der Waals surface area contributed by atoms with E-state index < -0.39 is 28.5 Å². The van der Waals surface area contributed by atoms with E-state index in [1.54, 1.807) is 44.4 Å². The number of hydrogen-bond acceptors (Lipinski definition) is 5. The van der Waals surface area contributed by atoms with Crippen molar-refractivity contribution in [3.8, 4) is 5.75 Å². The molecule has 0 aromatic heterocycles. The van der Waals surface area contributed by atoms with Gasteiger partial charge in [0.15, 0.2) is 0 Å². The highest BCUT2D eigenvalue weighted by molar-refractivity contribution is 7.92. The molecule has 0 unspecified atom stereocenters. The van der Waals surface area contributed by atoms with Crippen LogP contribution in [0.5, 0.6) is 5.75 Å². The van der Waals surface area contributed by atoms with E-state index in [0.717, 1.165) is 28.1 Å². The van der Waals surface area contributed by atoms with E-state index in [9.17, 15) is 18.0 Å². The summed E-state index contributed by atoms with van der Waals surface area (Å²) in [5.41, 5.74) is 2.10. The lowest BCUT2D eigenvalue weighted by Crippen LogP contribution is -2.51. The van der Waals surface area contributed by atoms with E-state index in [1.165, 1.54) is 4.90 Å². The van der Waals surface area contributed by atoms with Gasteiger partial charge in [0.25, 0.3) is 0 Å². The summed E-state index contributed by atoms with van der Waals surface area (Å²) in [5, 5.41) is 2.82. The van der Waals surface area contributed by atoms with Crippen molar-refractivity contribution in [2.45, 2.75) is 59.0 Å². The van der Waals surface area contributed by atoms with Gasteiger partial charge in [0, 0.05) is 13.1 Å². The van der Waals surface area contributed by atoms with Crippen LogP contribution in [-0.2, 0) is 31.6 Å². The highest BCUT2D eigenvalue weighted by atomic mass is 32.2. The first kappa shape index (κ1) is 29.2. The van der Waals surface area contributed by atoms with E-state index in [-0.39, 0.29) is 17.9 Å². The molecular formula is C27H39N3O5S. The number of amides is 2. The Morgan fingerprint density at radius 3 is 2.25 bits per heavy atom. The maximum Gasteiger partial charge on any atom is 0.244 e. The predicted molar refractivity (Wildman–Crippen MR) is 144 cm³/mol. The van der Waals surface area contributed by atoms with Crippen molar-refractivity contribution in [1.82, 2.24) is 10.2 Å². The average Bonchev–Trinajstić information content (AvgIpc) is 2.82. The zero-order valence-corrected chi connectivity index (χ0v) is 23.2. The van der Waals surface area contributed by atoms with Crippen molar-refractivity contribution in [3.63, 3.8) is 0 Å². The third kappa shape index (κ3) is 7.98. The zero-order chi connectivity index (χ0) is 27.1. The largest absolute Gasteiger partial charge is 0.497 e. The Kier molecular flexibility index (Phi) is 9.93. The minimum absolute atomic E-state index is 0.0981. The monoisotopic (exact) mass is 517 g/mol. The molecule has 0 aliphatic rings. The third-order valence-corrected chi connectivity index (χ3v) is 7.04. The van der Waals surface area contributed by atoms with Crippen molar-refractivity contribution in [2.75, 3.05) is 30.8 Å². The molecule has 0 saturated carbocycles. The Labute approximate surface area is 215 Å². The van der Waals surface area contributed by atoms with Gasteiger partial charge in [0.1, 0.15) is 18.3 Å². The van der Waals surface area contributed by atoms with Crippen LogP contribution >= 0.6 is 0 Å². The van der Waals surface area contributed by atoms with Crippen LogP contribution in [0.1, 0.15) is 52.2 Å². The summed E-state index contributed by atoms with van der Waals surface area (Å²) in [7, 11) is -2.22. The van der Waals surface area contributed by atoms with E-state index >= 15 is 0 Å². The van der Waals surface area contributed by atoms with Crippen LogP contribution in [-0.4, -0.2) is 57.6 Å². The van der Waals surface area contributed by atoms with Crippen LogP contribution in [0.4, 0.5) is 5.69 Å². The van der Waals surface area contributed by atoms with Crippen molar-refractivity contribution in [3.05, 3.63) is 59.7 Å². The van der Waals surface area contributed by atoms with E-state index in [1.807, 2.05) is 25.1 Å². The van der Waals surface area contributed by atoms with Gasteiger partial charge in [-0.2, -0.15) is 0 Å². The van der Waals surface area contributed by atoms with Gasteiger partial charge < -0.3 is 15.0 Å². The molecule has 0 fully saturated rings. The number of nitrogens with zero attached hydrogens (tertiary/aromatic N) is 2. The number of anilines is 1. The summed E-state index contributed by atoms with van der Waals surface area (Å²) in [6.07, 6.45) is 1.83. The molecule has 0 aliphatic heterocycles. The second-order valence-electron chi connectivity index (χ2n) is 9.91. The number of rotatable bonds is 11. The molecule has 8 nitrogen and oxygen atoms in total. The number of nitrogens with one attached hydrogen (secondary N) is 1. The molecule has 198 valence electrons. The number of ether oxygens (including phenoxy) is 1. The Balaban J connectivity index is 2.40. The second kappa shape index (κ2) is 12.3. The van der Waals surface area contributed by atoms with Gasteiger partial charge in [-0.3, -0.25) is 13.9 Å². The Morgan fingerprint density at radius 2 is 1.72 bits per heavy atom.